The molecule has 3 aromatic carbocycles. The number of urea groups is 1. The number of ether oxygens (including phenoxy) is 1. The Bertz CT molecular complexity index is 1170. The van der Waals surface area contributed by atoms with Gasteiger partial charge in [-0.3, -0.25) is 0 Å². The van der Waals surface area contributed by atoms with Gasteiger partial charge in [0.15, 0.2) is 0 Å². The topological polar surface area (TPSA) is 123 Å². The lowest BCUT2D eigenvalue weighted by Gasteiger charge is -2.14. The molecule has 0 bridgehead atoms. The predicted molar refractivity (Wildman–Crippen MR) is 166 cm³/mol. The van der Waals surface area contributed by atoms with Gasteiger partial charge in [0.05, 0.1) is 12.7 Å². The van der Waals surface area contributed by atoms with Crippen LogP contribution in [0.3, 0.4) is 0 Å². The molecule has 42 heavy (non-hydrogen) atoms. The smallest absolute Gasteiger partial charge is 0.315 e. The second-order valence-corrected chi connectivity index (χ2v) is 10.6. The van der Waals surface area contributed by atoms with E-state index in [1.165, 1.54) is 11.6 Å². The van der Waals surface area contributed by atoms with Crippen molar-refractivity contribution < 1.29 is 24.9 Å². The molecule has 0 saturated carbocycles. The monoisotopic (exact) mass is 577 g/mol. The van der Waals surface area contributed by atoms with E-state index in [9.17, 15) is 20.1 Å². The zero-order valence-electron chi connectivity index (χ0n) is 24.6. The Morgan fingerprint density at radius 2 is 1.45 bits per heavy atom. The second kappa shape index (κ2) is 19.6. The normalized spacial score (nSPS) is 11.8. The maximum Gasteiger partial charge on any atom is 0.315 e. The number of phenols is 1. The Labute approximate surface area is 250 Å². The fourth-order valence-electron chi connectivity index (χ4n) is 4.66. The number of benzene rings is 3. The van der Waals surface area contributed by atoms with Crippen LogP contribution in [0.15, 0.2) is 72.8 Å². The first kappa shape index (κ1) is 33.1. The molecular formula is C34H47N3O5. The van der Waals surface area contributed by atoms with E-state index in [-0.39, 0.29) is 18.4 Å². The van der Waals surface area contributed by atoms with Crippen LogP contribution in [0.2, 0.25) is 0 Å². The van der Waals surface area contributed by atoms with Crippen molar-refractivity contribution in [2.45, 2.75) is 70.7 Å². The number of rotatable bonds is 20. The number of hydrogen-bond acceptors (Lipinski definition) is 6. The Morgan fingerprint density at radius 3 is 2.24 bits per heavy atom. The van der Waals surface area contributed by atoms with E-state index in [0.29, 0.717) is 30.8 Å². The van der Waals surface area contributed by atoms with E-state index >= 15 is 0 Å². The Balaban J connectivity index is 1.14. The molecule has 3 rings (SSSR count). The number of nitrogens with one attached hydrogen (secondary N) is 3. The van der Waals surface area contributed by atoms with Gasteiger partial charge in [-0.15, -0.1) is 0 Å². The van der Waals surface area contributed by atoms with Gasteiger partial charge in [0.2, 0.25) is 0 Å². The lowest BCUT2D eigenvalue weighted by atomic mass is 10.1. The Kier molecular flexibility index (Phi) is 15.5. The molecule has 8 heteroatoms. The molecule has 0 unspecified atom stereocenters. The number of aromatic hydroxyl groups is 1. The van der Waals surface area contributed by atoms with Crippen LogP contribution in [0.25, 0.3) is 0 Å². The maximum absolute atomic E-state index is 12.1. The minimum Gasteiger partial charge on any atom is -0.508 e. The third-order valence-electron chi connectivity index (χ3n) is 7.13. The molecule has 228 valence electrons. The summed E-state index contributed by atoms with van der Waals surface area (Å²) in [6.45, 7) is 3.59. The summed E-state index contributed by atoms with van der Waals surface area (Å²) in [5.41, 5.74) is 4.55. The van der Waals surface area contributed by atoms with E-state index < -0.39 is 6.10 Å². The SMILES string of the molecule is O=C(NCc1ccccc1)NCc1cccc(CCCCOCCCCCCNC[C@H](O)c2ccc(O)c(CO)c2)c1. The van der Waals surface area contributed by atoms with Gasteiger partial charge in [-0.1, -0.05) is 73.5 Å². The third-order valence-corrected chi connectivity index (χ3v) is 7.13. The van der Waals surface area contributed by atoms with Crippen molar-refractivity contribution >= 4 is 6.03 Å². The van der Waals surface area contributed by atoms with Gasteiger partial charge in [0.25, 0.3) is 0 Å². The number of aryl methyl sites for hydroxylation is 1. The van der Waals surface area contributed by atoms with Crippen LogP contribution in [0, 0.1) is 0 Å². The number of aliphatic hydroxyl groups excluding tert-OH is 2. The standard InChI is InChI=1S/C34H47N3O5/c38-26-31-22-30(16-17-32(31)39)33(40)25-35-18-7-1-2-8-19-42-20-9-6-11-27-14-10-15-29(21-27)24-37-34(41)36-23-28-12-4-3-5-13-28/h3-5,10,12-17,21-22,33,35,38-40H,1-2,6-9,11,18-20,23-26H2,(H2,36,37,41)/t33-/m0/s1. The summed E-state index contributed by atoms with van der Waals surface area (Å²) < 4.78 is 5.81. The van der Waals surface area contributed by atoms with Crippen LogP contribution in [0.5, 0.6) is 5.75 Å². The van der Waals surface area contributed by atoms with E-state index in [0.717, 1.165) is 75.8 Å². The fraction of sp³-hybridized carbons (Fsp3) is 0.441. The summed E-state index contributed by atoms with van der Waals surface area (Å²) >= 11 is 0. The molecule has 0 fully saturated rings. The average molecular weight is 578 g/mol. The molecule has 0 spiro atoms. The van der Waals surface area contributed by atoms with E-state index in [2.05, 4.69) is 28.1 Å². The van der Waals surface area contributed by atoms with E-state index in [1.807, 2.05) is 42.5 Å². The Morgan fingerprint density at radius 1 is 0.762 bits per heavy atom. The van der Waals surface area contributed by atoms with Crippen molar-refractivity contribution in [3.05, 3.63) is 101 Å². The highest BCUT2D eigenvalue weighted by Crippen LogP contribution is 2.22. The highest BCUT2D eigenvalue weighted by molar-refractivity contribution is 5.73. The summed E-state index contributed by atoms with van der Waals surface area (Å²) in [6.07, 6.45) is 6.73. The van der Waals surface area contributed by atoms with Crippen LogP contribution in [0.1, 0.15) is 72.4 Å². The molecule has 0 aliphatic heterocycles. The van der Waals surface area contributed by atoms with Gasteiger partial charge < -0.3 is 36.0 Å². The summed E-state index contributed by atoms with van der Waals surface area (Å²) in [6, 6.07) is 22.9. The largest absolute Gasteiger partial charge is 0.508 e. The van der Waals surface area contributed by atoms with Crippen LogP contribution in [0.4, 0.5) is 4.79 Å². The zero-order chi connectivity index (χ0) is 29.8. The summed E-state index contributed by atoms with van der Waals surface area (Å²) in [4.78, 5) is 12.1. The molecule has 0 aliphatic rings. The molecule has 3 aromatic rings. The number of carbonyl (C=O) groups is 1. The van der Waals surface area contributed by atoms with Crippen LogP contribution < -0.4 is 16.0 Å². The molecule has 2 amide bonds. The molecule has 0 aliphatic carbocycles. The van der Waals surface area contributed by atoms with Gasteiger partial charge in [0, 0.05) is 38.4 Å². The first-order valence-corrected chi connectivity index (χ1v) is 15.1. The van der Waals surface area contributed by atoms with Gasteiger partial charge in [0.1, 0.15) is 5.75 Å². The third kappa shape index (κ3) is 13.0. The maximum atomic E-state index is 12.1. The molecule has 0 heterocycles. The number of unbranched alkanes of at least 4 members (excludes halogenated alkanes) is 4. The first-order valence-electron chi connectivity index (χ1n) is 15.1. The number of aliphatic hydroxyl groups is 2. The second-order valence-electron chi connectivity index (χ2n) is 10.6. The van der Waals surface area contributed by atoms with Crippen molar-refractivity contribution in [1.82, 2.24) is 16.0 Å². The van der Waals surface area contributed by atoms with Crippen LogP contribution in [-0.2, 0) is 30.9 Å². The number of hydrogen-bond donors (Lipinski definition) is 6. The van der Waals surface area contributed by atoms with Crippen molar-refractivity contribution in [2.75, 3.05) is 26.3 Å². The molecule has 0 radical (unpaired) electrons. The average Bonchev–Trinajstić information content (AvgIpc) is 3.02. The summed E-state index contributed by atoms with van der Waals surface area (Å²) in [5.74, 6) is 0.0412. The van der Waals surface area contributed by atoms with Crippen molar-refractivity contribution in [3.8, 4) is 5.75 Å². The van der Waals surface area contributed by atoms with E-state index in [1.54, 1.807) is 12.1 Å². The summed E-state index contributed by atoms with van der Waals surface area (Å²) in [7, 11) is 0. The highest BCUT2D eigenvalue weighted by atomic mass is 16.5. The predicted octanol–water partition coefficient (Wildman–Crippen LogP) is 5.11. The molecule has 6 N–H and O–H groups in total. The number of carbonyl (C=O) groups excluding carboxylic acids is 1. The van der Waals surface area contributed by atoms with Crippen LogP contribution >= 0.6 is 0 Å². The van der Waals surface area contributed by atoms with Gasteiger partial charge in [-0.05, 0) is 73.0 Å². The van der Waals surface area contributed by atoms with Crippen molar-refractivity contribution in [1.29, 1.82) is 0 Å². The first-order chi connectivity index (χ1) is 20.5. The highest BCUT2D eigenvalue weighted by Gasteiger charge is 2.10. The molecule has 0 saturated heterocycles. The Hall–Kier alpha value is -3.43. The zero-order valence-corrected chi connectivity index (χ0v) is 24.6. The van der Waals surface area contributed by atoms with Gasteiger partial charge in [-0.2, -0.15) is 0 Å². The molecule has 8 nitrogen and oxygen atoms in total. The quantitative estimate of drug-likeness (QED) is 0.104. The summed E-state index contributed by atoms with van der Waals surface area (Å²) in [5, 5.41) is 38.3. The van der Waals surface area contributed by atoms with E-state index in [4.69, 9.17) is 4.74 Å². The fourth-order valence-corrected chi connectivity index (χ4v) is 4.66. The van der Waals surface area contributed by atoms with Gasteiger partial charge in [-0.25, -0.2) is 4.79 Å². The van der Waals surface area contributed by atoms with Gasteiger partial charge >= 0.3 is 6.03 Å². The van der Waals surface area contributed by atoms with Crippen molar-refractivity contribution in [3.63, 3.8) is 0 Å². The van der Waals surface area contributed by atoms with Crippen LogP contribution in [-0.4, -0.2) is 47.7 Å². The lowest BCUT2D eigenvalue weighted by Crippen LogP contribution is -2.34. The minimum atomic E-state index is -0.672. The van der Waals surface area contributed by atoms with Crippen molar-refractivity contribution in [2.24, 2.45) is 0 Å². The molecular weight excluding hydrogens is 530 g/mol. The lowest BCUT2D eigenvalue weighted by molar-refractivity contribution is 0.126. The molecule has 1 atom stereocenters. The molecule has 0 aromatic heterocycles. The minimum absolute atomic E-state index is 0.0412. The number of amides is 2.